The maximum atomic E-state index is 13.5. The Kier molecular flexibility index (Phi) is 11.0. The second-order valence-electron chi connectivity index (χ2n) is 10.6. The first kappa shape index (κ1) is 30.4. The van der Waals surface area contributed by atoms with Crippen molar-refractivity contribution < 1.29 is 19.1 Å². The van der Waals surface area contributed by atoms with E-state index in [0.717, 1.165) is 59.6 Å². The molecule has 0 spiro atoms. The number of hydrogen-bond acceptors (Lipinski definition) is 5. The van der Waals surface area contributed by atoms with E-state index in [4.69, 9.17) is 15.2 Å². The van der Waals surface area contributed by atoms with E-state index < -0.39 is 0 Å². The number of nitrogens with zero attached hydrogens (tertiary/aromatic N) is 1. The molecule has 3 aromatic rings. The van der Waals surface area contributed by atoms with Gasteiger partial charge in [0.1, 0.15) is 17.2 Å². The van der Waals surface area contributed by atoms with E-state index in [1.54, 1.807) is 0 Å². The van der Waals surface area contributed by atoms with E-state index in [1.165, 1.54) is 5.56 Å². The Labute approximate surface area is 248 Å². The predicted molar refractivity (Wildman–Crippen MR) is 163 cm³/mol. The van der Waals surface area contributed by atoms with Crippen LogP contribution >= 0.6 is 12.4 Å². The highest BCUT2D eigenvalue weighted by atomic mass is 35.5. The van der Waals surface area contributed by atoms with Crippen LogP contribution in [0.25, 0.3) is 0 Å². The monoisotopic (exact) mass is 577 g/mol. The van der Waals surface area contributed by atoms with Crippen LogP contribution in [0.15, 0.2) is 66.7 Å². The average Bonchev–Trinajstić information content (AvgIpc) is 2.98. The molecule has 5 heterocycles. The number of benzene rings is 3. The molecule has 2 amide bonds. The predicted octanol–water partition coefficient (Wildman–Crippen LogP) is 5.73. The molecule has 0 aliphatic carbocycles. The van der Waals surface area contributed by atoms with Crippen molar-refractivity contribution in [2.24, 2.45) is 5.73 Å². The minimum Gasteiger partial charge on any atom is -0.494 e. The Morgan fingerprint density at radius 1 is 0.927 bits per heavy atom. The van der Waals surface area contributed by atoms with Gasteiger partial charge >= 0.3 is 0 Å². The Bertz CT molecular complexity index is 1310. The molecule has 3 N–H and O–H groups in total. The fourth-order valence-electron chi connectivity index (χ4n) is 5.51. The van der Waals surface area contributed by atoms with Crippen molar-refractivity contribution in [1.29, 1.82) is 0 Å². The number of hydrogen-bond donors (Lipinski definition) is 2. The number of nitrogens with one attached hydrogen (secondary N) is 1. The Morgan fingerprint density at radius 2 is 1.76 bits per heavy atom. The van der Waals surface area contributed by atoms with E-state index in [9.17, 15) is 9.59 Å². The zero-order valence-electron chi connectivity index (χ0n) is 23.5. The van der Waals surface area contributed by atoms with Crippen molar-refractivity contribution in [3.63, 3.8) is 0 Å². The number of rotatable bonds is 5. The van der Waals surface area contributed by atoms with Crippen LogP contribution in [0.2, 0.25) is 0 Å². The molecule has 0 aromatic heterocycles. The van der Waals surface area contributed by atoms with E-state index in [1.807, 2.05) is 53.4 Å². The van der Waals surface area contributed by atoms with Crippen molar-refractivity contribution >= 4 is 24.2 Å². The van der Waals surface area contributed by atoms with Gasteiger partial charge in [-0.3, -0.25) is 9.59 Å². The van der Waals surface area contributed by atoms with Crippen LogP contribution in [0.1, 0.15) is 66.8 Å². The lowest BCUT2D eigenvalue weighted by molar-refractivity contribution is -0.133. The van der Waals surface area contributed by atoms with Gasteiger partial charge in [-0.15, -0.1) is 12.4 Å². The van der Waals surface area contributed by atoms with Gasteiger partial charge in [0.2, 0.25) is 11.8 Å². The number of carbonyl (C=O) groups is 2. The van der Waals surface area contributed by atoms with Gasteiger partial charge in [-0.1, -0.05) is 36.8 Å². The molecule has 1 atom stereocenters. The summed E-state index contributed by atoms with van der Waals surface area (Å²) in [7, 11) is 0. The van der Waals surface area contributed by atoms with Crippen LogP contribution in [0.3, 0.4) is 0 Å². The van der Waals surface area contributed by atoms with Crippen molar-refractivity contribution in [3.8, 4) is 17.2 Å². The van der Waals surface area contributed by atoms with E-state index >= 15 is 0 Å². The summed E-state index contributed by atoms with van der Waals surface area (Å²) < 4.78 is 12.3. The van der Waals surface area contributed by atoms with Gasteiger partial charge in [-0.2, -0.15) is 0 Å². The van der Waals surface area contributed by atoms with Crippen LogP contribution in [-0.2, 0) is 22.4 Å². The van der Waals surface area contributed by atoms with Gasteiger partial charge in [-0.05, 0) is 97.3 Å². The number of ether oxygens (including phenoxy) is 2. The summed E-state index contributed by atoms with van der Waals surface area (Å²) in [4.78, 5) is 27.8. The fourth-order valence-corrected chi connectivity index (χ4v) is 5.51. The normalized spacial score (nSPS) is 17.0. The molecule has 0 fully saturated rings. The lowest BCUT2D eigenvalue weighted by Crippen LogP contribution is -2.40. The number of halogens is 1. The van der Waals surface area contributed by atoms with Crippen LogP contribution in [0.4, 0.5) is 0 Å². The Hall–Kier alpha value is -3.55. The second kappa shape index (κ2) is 14.9. The molecule has 1 unspecified atom stereocenters. The third kappa shape index (κ3) is 8.02. The largest absolute Gasteiger partial charge is 0.494 e. The highest BCUT2D eigenvalue weighted by molar-refractivity contribution is 5.85. The molecule has 0 radical (unpaired) electrons. The van der Waals surface area contributed by atoms with E-state index in [-0.39, 0.29) is 30.3 Å². The molecule has 5 aliphatic rings. The number of amides is 2. The molecule has 8 rings (SSSR count). The number of carbonyl (C=O) groups excluding carboxylic acids is 2. The first-order valence-corrected chi connectivity index (χ1v) is 14.5. The fraction of sp³-hybridized carbons (Fsp3) is 0.394. The van der Waals surface area contributed by atoms with Gasteiger partial charge in [-0.25, -0.2) is 0 Å². The summed E-state index contributed by atoms with van der Waals surface area (Å²) in [6.45, 7) is 2.37. The SMILES string of the molecule is Cl.NCCCCCC(=O)N1CCc2cc3ccc2C1c1cccc(c1)OCCCNC(=O)CCc1ccc(cc1)O3. The maximum Gasteiger partial charge on any atom is 0.223 e. The van der Waals surface area contributed by atoms with Gasteiger partial charge in [0.05, 0.1) is 12.6 Å². The van der Waals surface area contributed by atoms with Crippen LogP contribution in [0.5, 0.6) is 17.2 Å². The molecular formula is C33H40ClN3O4. The van der Waals surface area contributed by atoms with Crippen molar-refractivity contribution in [2.75, 3.05) is 26.2 Å². The zero-order valence-corrected chi connectivity index (χ0v) is 24.3. The molecule has 8 bridgehead atoms. The molecule has 218 valence electrons. The first-order chi connectivity index (χ1) is 19.6. The molecule has 41 heavy (non-hydrogen) atoms. The van der Waals surface area contributed by atoms with E-state index in [2.05, 4.69) is 23.5 Å². The van der Waals surface area contributed by atoms with E-state index in [0.29, 0.717) is 51.9 Å². The molecule has 7 nitrogen and oxygen atoms in total. The molecular weight excluding hydrogens is 538 g/mol. The molecule has 3 aromatic carbocycles. The number of unbranched alkanes of at least 4 members (excludes halogenated alkanes) is 2. The topological polar surface area (TPSA) is 93.9 Å². The minimum atomic E-state index is -0.198. The van der Waals surface area contributed by atoms with Gasteiger partial charge in [0.15, 0.2) is 0 Å². The lowest BCUT2D eigenvalue weighted by atomic mass is 9.87. The van der Waals surface area contributed by atoms with Crippen molar-refractivity contribution in [2.45, 2.75) is 57.4 Å². The van der Waals surface area contributed by atoms with Crippen molar-refractivity contribution in [1.82, 2.24) is 10.2 Å². The third-order valence-electron chi connectivity index (χ3n) is 7.64. The van der Waals surface area contributed by atoms with Crippen LogP contribution in [0, 0.1) is 0 Å². The third-order valence-corrected chi connectivity index (χ3v) is 7.64. The zero-order chi connectivity index (χ0) is 27.7. The Morgan fingerprint density at radius 3 is 2.59 bits per heavy atom. The summed E-state index contributed by atoms with van der Waals surface area (Å²) in [5.41, 5.74) is 10.1. The quantitative estimate of drug-likeness (QED) is 0.378. The summed E-state index contributed by atoms with van der Waals surface area (Å²) >= 11 is 0. The summed E-state index contributed by atoms with van der Waals surface area (Å²) in [5, 5.41) is 2.99. The summed E-state index contributed by atoms with van der Waals surface area (Å²) in [5.74, 6) is 2.49. The highest BCUT2D eigenvalue weighted by Crippen LogP contribution is 2.39. The second-order valence-corrected chi connectivity index (χ2v) is 10.6. The average molecular weight is 578 g/mol. The highest BCUT2D eigenvalue weighted by Gasteiger charge is 2.32. The molecule has 8 heteroatoms. The maximum absolute atomic E-state index is 13.5. The van der Waals surface area contributed by atoms with Gasteiger partial charge in [0, 0.05) is 25.9 Å². The smallest absolute Gasteiger partial charge is 0.223 e. The van der Waals surface area contributed by atoms with Crippen LogP contribution < -0.4 is 20.5 Å². The summed E-state index contributed by atoms with van der Waals surface area (Å²) in [6.07, 6.45) is 5.87. The van der Waals surface area contributed by atoms with Crippen LogP contribution in [-0.4, -0.2) is 43.0 Å². The molecule has 0 saturated carbocycles. The lowest BCUT2D eigenvalue weighted by Gasteiger charge is -2.38. The number of nitrogens with two attached hydrogens (primary N) is 1. The standard InChI is InChI=1S/C33H39N3O4.ClH/c34-18-3-1-2-8-32(38)36-20-17-25-22-29-14-15-30(25)33(36)26-6-4-7-28(23-26)39-21-5-19-35-31(37)16-11-24-9-12-27(40-29)13-10-24;/h4,6-7,9-10,12-15,22-23,33H,1-3,5,8,11,16-21,34H2,(H,35,37);1H. The number of aryl methyl sites for hydroxylation is 1. The summed E-state index contributed by atoms with van der Waals surface area (Å²) in [6, 6.07) is 22.0. The first-order valence-electron chi connectivity index (χ1n) is 14.5. The van der Waals surface area contributed by atoms with Gasteiger partial charge in [0.25, 0.3) is 0 Å². The minimum absolute atomic E-state index is 0. The van der Waals surface area contributed by atoms with Crippen molar-refractivity contribution in [3.05, 3.63) is 89.0 Å². The molecule has 5 aliphatic heterocycles. The van der Waals surface area contributed by atoms with Gasteiger partial charge < -0.3 is 25.4 Å². The Balaban J connectivity index is 0.00000387. The molecule has 0 saturated heterocycles.